The molecule has 0 atom stereocenters. The number of nitrogens with zero attached hydrogens (tertiary/aromatic N) is 2. The first-order valence-corrected chi connectivity index (χ1v) is 8.75. The predicted octanol–water partition coefficient (Wildman–Crippen LogP) is 3.20. The zero-order valence-corrected chi connectivity index (χ0v) is 14.2. The summed E-state index contributed by atoms with van der Waals surface area (Å²) in [4.78, 5) is 22.1. The zero-order valence-electron chi connectivity index (χ0n) is 13.4. The van der Waals surface area contributed by atoms with Crippen molar-refractivity contribution in [3.05, 3.63) is 35.1 Å². The molecule has 23 heavy (non-hydrogen) atoms. The summed E-state index contributed by atoms with van der Waals surface area (Å²) in [5.74, 6) is -0.0969. The molecule has 0 bridgehead atoms. The molecule has 0 aromatic carbocycles. The third-order valence-corrected chi connectivity index (χ3v) is 5.03. The van der Waals surface area contributed by atoms with Gasteiger partial charge in [0, 0.05) is 19.3 Å². The molecule has 2 heterocycles. The zero-order chi connectivity index (χ0) is 16.2. The molecular weight excluding hydrogens is 310 g/mol. The van der Waals surface area contributed by atoms with E-state index in [2.05, 4.69) is 15.3 Å². The summed E-state index contributed by atoms with van der Waals surface area (Å²) in [7, 11) is 1.75. The van der Waals surface area contributed by atoms with Gasteiger partial charge in [0.25, 0.3) is 5.91 Å². The Morgan fingerprint density at radius 3 is 2.74 bits per heavy atom. The number of carbonyl (C=O) groups is 1. The number of ether oxygens (including phenoxy) is 1. The number of methoxy groups -OCH3 is 1. The van der Waals surface area contributed by atoms with E-state index >= 15 is 0 Å². The number of carbonyl (C=O) groups excluding carboxylic acids is 1. The van der Waals surface area contributed by atoms with Crippen molar-refractivity contribution >= 4 is 17.2 Å². The fraction of sp³-hybridized carbons (Fsp3) is 0.471. The second kappa shape index (κ2) is 7.19. The van der Waals surface area contributed by atoms with E-state index in [1.54, 1.807) is 18.8 Å². The largest absolute Gasteiger partial charge is 0.381 e. The summed E-state index contributed by atoms with van der Waals surface area (Å²) in [6.45, 7) is 1.98. The van der Waals surface area contributed by atoms with Gasteiger partial charge in [-0.25, -0.2) is 4.98 Å². The number of aromatic nitrogens is 2. The maximum atomic E-state index is 12.5. The Morgan fingerprint density at radius 2 is 2.09 bits per heavy atom. The lowest BCUT2D eigenvalue weighted by molar-refractivity contribution is 0.0598. The smallest absolute Gasteiger partial charge is 0.270 e. The van der Waals surface area contributed by atoms with Crippen LogP contribution in [0.15, 0.2) is 23.8 Å². The minimum Gasteiger partial charge on any atom is -0.381 e. The standard InChI is InChI=1S/C17H21N3O2S/c1-11-7-14(16-9-18-10-23-16)20-15(8-11)17(21)19-12-3-5-13(22-2)6-4-12/h7-10,12-13H,3-6H2,1-2H3,(H,19,21)/t12-,13-. The average molecular weight is 331 g/mol. The number of hydrogen-bond acceptors (Lipinski definition) is 5. The van der Waals surface area contributed by atoms with E-state index in [1.165, 1.54) is 11.3 Å². The Morgan fingerprint density at radius 1 is 1.30 bits per heavy atom. The fourth-order valence-electron chi connectivity index (χ4n) is 2.95. The Kier molecular flexibility index (Phi) is 5.03. The van der Waals surface area contributed by atoms with Crippen LogP contribution in [0.2, 0.25) is 0 Å². The van der Waals surface area contributed by atoms with Crippen LogP contribution >= 0.6 is 11.3 Å². The number of amides is 1. The van der Waals surface area contributed by atoms with E-state index in [1.807, 2.05) is 19.1 Å². The minimum atomic E-state index is -0.0969. The van der Waals surface area contributed by atoms with Crippen LogP contribution in [-0.2, 0) is 4.74 Å². The molecule has 2 aromatic heterocycles. The molecule has 0 unspecified atom stereocenters. The molecule has 1 fully saturated rings. The summed E-state index contributed by atoms with van der Waals surface area (Å²) in [5, 5.41) is 3.11. The highest BCUT2D eigenvalue weighted by Gasteiger charge is 2.23. The van der Waals surface area contributed by atoms with Crippen molar-refractivity contribution in [3.8, 4) is 10.6 Å². The SMILES string of the molecule is CO[C@H]1CC[C@H](NC(=O)c2cc(C)cc(-c3cncs3)n2)CC1. The van der Waals surface area contributed by atoms with Gasteiger partial charge in [0.15, 0.2) is 0 Å². The highest BCUT2D eigenvalue weighted by atomic mass is 32.1. The second-order valence-electron chi connectivity index (χ2n) is 5.96. The first-order valence-electron chi connectivity index (χ1n) is 7.87. The third kappa shape index (κ3) is 3.95. The van der Waals surface area contributed by atoms with Crippen molar-refractivity contribution in [2.24, 2.45) is 0 Å². The highest BCUT2D eigenvalue weighted by molar-refractivity contribution is 7.13. The molecule has 6 heteroatoms. The van der Waals surface area contributed by atoms with Gasteiger partial charge in [0.1, 0.15) is 5.69 Å². The van der Waals surface area contributed by atoms with Crippen molar-refractivity contribution < 1.29 is 9.53 Å². The first kappa shape index (κ1) is 16.1. The van der Waals surface area contributed by atoms with Crippen LogP contribution in [0.3, 0.4) is 0 Å². The minimum absolute atomic E-state index is 0.0969. The van der Waals surface area contributed by atoms with Crippen LogP contribution in [0.25, 0.3) is 10.6 Å². The normalized spacial score (nSPS) is 21.1. The van der Waals surface area contributed by atoms with Crippen LogP contribution in [0.1, 0.15) is 41.7 Å². The van der Waals surface area contributed by atoms with Crippen LogP contribution < -0.4 is 5.32 Å². The molecule has 1 aliphatic rings. The van der Waals surface area contributed by atoms with Crippen molar-refractivity contribution in [2.75, 3.05) is 7.11 Å². The Labute approximate surface area is 140 Å². The Hall–Kier alpha value is -1.79. The topological polar surface area (TPSA) is 64.1 Å². The van der Waals surface area contributed by atoms with Gasteiger partial charge < -0.3 is 10.1 Å². The van der Waals surface area contributed by atoms with Crippen LogP contribution in [0.5, 0.6) is 0 Å². The molecular formula is C17H21N3O2S. The average Bonchev–Trinajstić information content (AvgIpc) is 3.09. The lowest BCUT2D eigenvalue weighted by Crippen LogP contribution is -2.39. The molecule has 0 spiro atoms. The van der Waals surface area contributed by atoms with E-state index < -0.39 is 0 Å². The number of nitrogens with one attached hydrogen (secondary N) is 1. The molecule has 5 nitrogen and oxygen atoms in total. The van der Waals surface area contributed by atoms with Gasteiger partial charge in [-0.1, -0.05) is 0 Å². The monoisotopic (exact) mass is 331 g/mol. The molecule has 122 valence electrons. The van der Waals surface area contributed by atoms with Gasteiger partial charge >= 0.3 is 0 Å². The van der Waals surface area contributed by atoms with Gasteiger partial charge in [-0.05, 0) is 50.3 Å². The fourth-order valence-corrected chi connectivity index (χ4v) is 3.54. The van der Waals surface area contributed by atoms with Crippen LogP contribution in [0, 0.1) is 6.92 Å². The summed E-state index contributed by atoms with van der Waals surface area (Å²) >= 11 is 1.52. The quantitative estimate of drug-likeness (QED) is 0.934. The number of pyridine rings is 1. The summed E-state index contributed by atoms with van der Waals surface area (Å²) in [5.41, 5.74) is 4.08. The van der Waals surface area contributed by atoms with Crippen molar-refractivity contribution in [3.63, 3.8) is 0 Å². The van der Waals surface area contributed by atoms with Crippen LogP contribution in [0.4, 0.5) is 0 Å². The van der Waals surface area contributed by atoms with E-state index in [0.29, 0.717) is 11.8 Å². The van der Waals surface area contributed by atoms with Gasteiger partial charge in [-0.2, -0.15) is 0 Å². The van der Waals surface area contributed by atoms with Gasteiger partial charge in [-0.3, -0.25) is 9.78 Å². The molecule has 0 saturated heterocycles. The maximum Gasteiger partial charge on any atom is 0.270 e. The van der Waals surface area contributed by atoms with Gasteiger partial charge in [0.05, 0.1) is 22.2 Å². The Bertz CT molecular complexity index is 664. The van der Waals surface area contributed by atoms with Crippen molar-refractivity contribution in [2.45, 2.75) is 44.8 Å². The number of thiazole rings is 1. The number of aryl methyl sites for hydroxylation is 1. The summed E-state index contributed by atoms with van der Waals surface area (Å²) in [6, 6.07) is 4.03. The van der Waals surface area contributed by atoms with E-state index in [9.17, 15) is 4.79 Å². The molecule has 1 saturated carbocycles. The summed E-state index contributed by atoms with van der Waals surface area (Å²) in [6.07, 6.45) is 6.01. The molecule has 2 aromatic rings. The molecule has 1 aliphatic carbocycles. The van der Waals surface area contributed by atoms with Crippen molar-refractivity contribution in [1.29, 1.82) is 0 Å². The highest BCUT2D eigenvalue weighted by Crippen LogP contribution is 2.23. The molecule has 3 rings (SSSR count). The Balaban J connectivity index is 1.70. The van der Waals surface area contributed by atoms with Gasteiger partial charge in [0.2, 0.25) is 0 Å². The lowest BCUT2D eigenvalue weighted by Gasteiger charge is -2.28. The lowest BCUT2D eigenvalue weighted by atomic mass is 9.93. The van der Waals surface area contributed by atoms with E-state index in [4.69, 9.17) is 4.74 Å². The predicted molar refractivity (Wildman–Crippen MR) is 90.6 cm³/mol. The molecule has 1 N–H and O–H groups in total. The molecule has 0 aliphatic heterocycles. The number of hydrogen-bond donors (Lipinski definition) is 1. The first-order chi connectivity index (χ1) is 11.2. The molecule has 0 radical (unpaired) electrons. The number of rotatable bonds is 4. The van der Waals surface area contributed by atoms with E-state index in [-0.39, 0.29) is 11.9 Å². The second-order valence-corrected chi connectivity index (χ2v) is 6.85. The maximum absolute atomic E-state index is 12.5. The van der Waals surface area contributed by atoms with Crippen LogP contribution in [-0.4, -0.2) is 35.1 Å². The van der Waals surface area contributed by atoms with Gasteiger partial charge in [-0.15, -0.1) is 11.3 Å². The van der Waals surface area contributed by atoms with Crippen molar-refractivity contribution in [1.82, 2.24) is 15.3 Å². The van der Waals surface area contributed by atoms with E-state index in [0.717, 1.165) is 41.8 Å². The summed E-state index contributed by atoms with van der Waals surface area (Å²) < 4.78 is 5.37. The third-order valence-electron chi connectivity index (χ3n) is 4.23. The molecule has 1 amide bonds.